The van der Waals surface area contributed by atoms with Gasteiger partial charge in [0.1, 0.15) is 5.75 Å². The number of rotatable bonds is 6. The van der Waals surface area contributed by atoms with Crippen LogP contribution in [0.5, 0.6) is 5.75 Å². The fourth-order valence-electron chi connectivity index (χ4n) is 3.15. The van der Waals surface area contributed by atoms with E-state index in [0.717, 1.165) is 11.3 Å². The SMILES string of the molecule is COc1ccccc1NC(=O)COC(=O)[C@H]1CC(=O)N(c2ccccc2C)C1. The lowest BCUT2D eigenvalue weighted by atomic mass is 10.1. The predicted octanol–water partition coefficient (Wildman–Crippen LogP) is 2.54. The molecule has 2 aromatic rings. The number of para-hydroxylation sites is 3. The fourth-order valence-corrected chi connectivity index (χ4v) is 3.15. The van der Waals surface area contributed by atoms with Gasteiger partial charge in [0.05, 0.1) is 18.7 Å². The Hall–Kier alpha value is -3.35. The second-order valence-corrected chi connectivity index (χ2v) is 6.55. The molecule has 0 aliphatic carbocycles. The van der Waals surface area contributed by atoms with Gasteiger partial charge in [-0.3, -0.25) is 14.4 Å². The summed E-state index contributed by atoms with van der Waals surface area (Å²) in [4.78, 5) is 38.3. The number of nitrogens with one attached hydrogen (secondary N) is 1. The summed E-state index contributed by atoms with van der Waals surface area (Å²) in [5, 5.41) is 2.64. The van der Waals surface area contributed by atoms with Crippen molar-refractivity contribution in [1.29, 1.82) is 0 Å². The van der Waals surface area contributed by atoms with Gasteiger partial charge in [-0.15, -0.1) is 0 Å². The Kier molecular flexibility index (Phi) is 5.93. The van der Waals surface area contributed by atoms with Gasteiger partial charge in [-0.1, -0.05) is 30.3 Å². The van der Waals surface area contributed by atoms with Gasteiger partial charge in [-0.05, 0) is 30.7 Å². The lowest BCUT2D eigenvalue weighted by molar-refractivity contribution is -0.151. The highest BCUT2D eigenvalue weighted by Gasteiger charge is 2.36. The first kappa shape index (κ1) is 19.4. The van der Waals surface area contributed by atoms with Crippen LogP contribution in [0.1, 0.15) is 12.0 Å². The largest absolute Gasteiger partial charge is 0.495 e. The van der Waals surface area contributed by atoms with Gasteiger partial charge in [0.15, 0.2) is 6.61 Å². The molecule has 1 atom stereocenters. The number of anilines is 2. The van der Waals surface area contributed by atoms with Crippen LogP contribution >= 0.6 is 0 Å². The Labute approximate surface area is 163 Å². The summed E-state index contributed by atoms with van der Waals surface area (Å²) in [5.74, 6) is -1.24. The number of carbonyl (C=O) groups excluding carboxylic acids is 3. The molecule has 1 aliphatic heterocycles. The molecule has 28 heavy (non-hydrogen) atoms. The standard InChI is InChI=1S/C21H22N2O5/c1-14-7-3-5-9-17(14)23-12-15(11-20(23)25)21(26)28-13-19(24)22-16-8-4-6-10-18(16)27-2/h3-10,15H,11-13H2,1-2H3,(H,22,24)/t15-/m0/s1. The zero-order valence-corrected chi connectivity index (χ0v) is 15.8. The summed E-state index contributed by atoms with van der Waals surface area (Å²) in [6, 6.07) is 14.5. The molecule has 0 unspecified atom stereocenters. The second-order valence-electron chi connectivity index (χ2n) is 6.55. The number of hydrogen-bond donors (Lipinski definition) is 1. The number of hydrogen-bond acceptors (Lipinski definition) is 5. The summed E-state index contributed by atoms with van der Waals surface area (Å²) in [7, 11) is 1.50. The highest BCUT2D eigenvalue weighted by molar-refractivity contribution is 6.00. The molecular weight excluding hydrogens is 360 g/mol. The van der Waals surface area contributed by atoms with Gasteiger partial charge in [0, 0.05) is 18.7 Å². The number of amides is 2. The van der Waals surface area contributed by atoms with Crippen molar-refractivity contribution in [2.75, 3.05) is 30.5 Å². The van der Waals surface area contributed by atoms with Crippen LogP contribution in [-0.2, 0) is 19.1 Å². The molecule has 1 fully saturated rings. The molecule has 7 heteroatoms. The van der Waals surface area contributed by atoms with Crippen molar-refractivity contribution >= 4 is 29.2 Å². The maximum Gasteiger partial charge on any atom is 0.311 e. The zero-order valence-electron chi connectivity index (χ0n) is 15.8. The molecule has 1 N–H and O–H groups in total. The number of nitrogens with zero attached hydrogens (tertiary/aromatic N) is 1. The van der Waals surface area contributed by atoms with Crippen molar-refractivity contribution in [3.63, 3.8) is 0 Å². The van der Waals surface area contributed by atoms with E-state index in [0.29, 0.717) is 11.4 Å². The van der Waals surface area contributed by atoms with Crippen molar-refractivity contribution in [3.05, 3.63) is 54.1 Å². The van der Waals surface area contributed by atoms with Crippen LogP contribution in [0.2, 0.25) is 0 Å². The molecule has 146 valence electrons. The topological polar surface area (TPSA) is 84.9 Å². The predicted molar refractivity (Wildman–Crippen MR) is 104 cm³/mol. The summed E-state index contributed by atoms with van der Waals surface area (Å²) >= 11 is 0. The number of ether oxygens (including phenoxy) is 2. The van der Waals surface area contributed by atoms with Gasteiger partial charge < -0.3 is 19.7 Å². The molecule has 0 radical (unpaired) electrons. The normalized spacial score (nSPS) is 16.0. The first-order valence-corrected chi connectivity index (χ1v) is 8.95. The summed E-state index contributed by atoms with van der Waals surface area (Å²) in [6.07, 6.45) is 0.0707. The maximum absolute atomic E-state index is 12.3. The highest BCUT2D eigenvalue weighted by Crippen LogP contribution is 2.28. The number of methoxy groups -OCH3 is 1. The van der Waals surface area contributed by atoms with E-state index >= 15 is 0 Å². The molecule has 0 aromatic heterocycles. The third-order valence-corrected chi connectivity index (χ3v) is 4.59. The van der Waals surface area contributed by atoms with Crippen molar-refractivity contribution in [2.24, 2.45) is 5.92 Å². The number of carbonyl (C=O) groups is 3. The van der Waals surface area contributed by atoms with E-state index in [1.165, 1.54) is 7.11 Å². The van der Waals surface area contributed by atoms with Crippen molar-refractivity contribution < 1.29 is 23.9 Å². The Morgan fingerprint density at radius 2 is 1.86 bits per heavy atom. The molecule has 1 aliphatic rings. The Morgan fingerprint density at radius 1 is 1.14 bits per heavy atom. The second kappa shape index (κ2) is 8.56. The minimum atomic E-state index is -0.592. The minimum absolute atomic E-state index is 0.0707. The van der Waals surface area contributed by atoms with Gasteiger partial charge in [-0.2, -0.15) is 0 Å². The van der Waals surface area contributed by atoms with E-state index < -0.39 is 24.4 Å². The average molecular weight is 382 g/mol. The first-order chi connectivity index (χ1) is 13.5. The smallest absolute Gasteiger partial charge is 0.311 e. The zero-order chi connectivity index (χ0) is 20.1. The monoisotopic (exact) mass is 382 g/mol. The van der Waals surface area contributed by atoms with Crippen LogP contribution in [0, 0.1) is 12.8 Å². The van der Waals surface area contributed by atoms with E-state index in [2.05, 4.69) is 5.32 Å². The molecule has 3 rings (SSSR count). The fraction of sp³-hybridized carbons (Fsp3) is 0.286. The third-order valence-electron chi connectivity index (χ3n) is 4.59. The molecular formula is C21H22N2O5. The summed E-state index contributed by atoms with van der Waals surface area (Å²) in [5.41, 5.74) is 2.24. The lowest BCUT2D eigenvalue weighted by Crippen LogP contribution is -2.28. The van der Waals surface area contributed by atoms with Crippen LogP contribution < -0.4 is 15.0 Å². The average Bonchev–Trinajstić information content (AvgIpc) is 3.08. The number of aryl methyl sites for hydroxylation is 1. The molecule has 1 saturated heterocycles. The quantitative estimate of drug-likeness (QED) is 0.776. The van der Waals surface area contributed by atoms with E-state index in [-0.39, 0.29) is 18.9 Å². The van der Waals surface area contributed by atoms with Crippen LogP contribution in [0.3, 0.4) is 0 Å². The minimum Gasteiger partial charge on any atom is -0.495 e. The summed E-state index contributed by atoms with van der Waals surface area (Å²) in [6.45, 7) is 1.74. The van der Waals surface area contributed by atoms with E-state index in [1.54, 1.807) is 29.2 Å². The summed E-state index contributed by atoms with van der Waals surface area (Å²) < 4.78 is 10.3. The molecule has 0 spiro atoms. The first-order valence-electron chi connectivity index (χ1n) is 8.95. The van der Waals surface area contributed by atoms with Gasteiger partial charge >= 0.3 is 5.97 Å². The Morgan fingerprint density at radius 3 is 2.61 bits per heavy atom. The number of benzene rings is 2. The highest BCUT2D eigenvalue weighted by atomic mass is 16.5. The molecule has 7 nitrogen and oxygen atoms in total. The maximum atomic E-state index is 12.3. The molecule has 1 heterocycles. The van der Waals surface area contributed by atoms with Crippen LogP contribution in [0.15, 0.2) is 48.5 Å². The van der Waals surface area contributed by atoms with Crippen molar-refractivity contribution in [2.45, 2.75) is 13.3 Å². The molecule has 2 amide bonds. The van der Waals surface area contributed by atoms with Gasteiger partial charge in [0.25, 0.3) is 5.91 Å². The van der Waals surface area contributed by atoms with Crippen LogP contribution in [0.25, 0.3) is 0 Å². The van der Waals surface area contributed by atoms with E-state index in [1.807, 2.05) is 31.2 Å². The van der Waals surface area contributed by atoms with Crippen molar-refractivity contribution in [3.8, 4) is 5.75 Å². The number of esters is 1. The third kappa shape index (κ3) is 4.31. The van der Waals surface area contributed by atoms with Crippen molar-refractivity contribution in [1.82, 2.24) is 0 Å². The molecule has 2 aromatic carbocycles. The Bertz CT molecular complexity index is 896. The van der Waals surface area contributed by atoms with E-state index in [4.69, 9.17) is 9.47 Å². The molecule has 0 saturated carbocycles. The van der Waals surface area contributed by atoms with Crippen LogP contribution in [0.4, 0.5) is 11.4 Å². The van der Waals surface area contributed by atoms with E-state index in [9.17, 15) is 14.4 Å². The Balaban J connectivity index is 1.55. The van der Waals surface area contributed by atoms with Crippen LogP contribution in [-0.4, -0.2) is 38.0 Å². The van der Waals surface area contributed by atoms with Gasteiger partial charge in [-0.25, -0.2) is 0 Å². The molecule has 0 bridgehead atoms. The lowest BCUT2D eigenvalue weighted by Gasteiger charge is -2.18. The van der Waals surface area contributed by atoms with Gasteiger partial charge in [0.2, 0.25) is 5.91 Å².